The minimum absolute atomic E-state index is 0.0383. The van der Waals surface area contributed by atoms with Gasteiger partial charge in [0.1, 0.15) is 11.8 Å². The zero-order valence-corrected chi connectivity index (χ0v) is 8.92. The molecule has 2 N–H and O–H groups in total. The SMILES string of the molecule is CCCOc1ccc([C@@H](N)C(F)(F)F)cc1. The molecule has 1 atom stereocenters. The maximum absolute atomic E-state index is 12.3. The molecule has 1 aromatic carbocycles. The van der Waals surface area contributed by atoms with Crippen LogP contribution in [0.2, 0.25) is 0 Å². The van der Waals surface area contributed by atoms with Crippen molar-refractivity contribution in [1.29, 1.82) is 0 Å². The summed E-state index contributed by atoms with van der Waals surface area (Å²) >= 11 is 0. The summed E-state index contributed by atoms with van der Waals surface area (Å²) in [4.78, 5) is 0. The summed E-state index contributed by atoms with van der Waals surface area (Å²) in [7, 11) is 0. The Balaban J connectivity index is 2.71. The van der Waals surface area contributed by atoms with E-state index >= 15 is 0 Å². The zero-order valence-electron chi connectivity index (χ0n) is 8.92. The highest BCUT2D eigenvalue weighted by atomic mass is 19.4. The lowest BCUT2D eigenvalue weighted by Gasteiger charge is -2.16. The minimum atomic E-state index is -4.41. The molecule has 5 heteroatoms. The molecule has 16 heavy (non-hydrogen) atoms. The standard InChI is InChI=1S/C11H14F3NO/c1-2-7-16-9-5-3-8(4-6-9)10(15)11(12,13)14/h3-6,10H,2,7,15H2,1H3/t10-/m1/s1. The zero-order chi connectivity index (χ0) is 12.2. The van der Waals surface area contributed by atoms with Crippen LogP contribution in [-0.4, -0.2) is 12.8 Å². The third-order valence-electron chi connectivity index (χ3n) is 2.06. The van der Waals surface area contributed by atoms with Crippen LogP contribution in [-0.2, 0) is 0 Å². The van der Waals surface area contributed by atoms with E-state index in [0.717, 1.165) is 6.42 Å². The molecule has 0 aliphatic carbocycles. The van der Waals surface area contributed by atoms with Crippen LogP contribution in [0.15, 0.2) is 24.3 Å². The first kappa shape index (κ1) is 12.8. The Morgan fingerprint density at radius 1 is 1.25 bits per heavy atom. The van der Waals surface area contributed by atoms with E-state index in [1.165, 1.54) is 24.3 Å². The predicted molar refractivity (Wildman–Crippen MR) is 55.2 cm³/mol. The molecule has 0 bridgehead atoms. The van der Waals surface area contributed by atoms with Gasteiger partial charge in [0.25, 0.3) is 0 Å². The number of benzene rings is 1. The summed E-state index contributed by atoms with van der Waals surface area (Å²) in [5.74, 6) is 0.556. The summed E-state index contributed by atoms with van der Waals surface area (Å²) in [6.45, 7) is 2.50. The third kappa shape index (κ3) is 3.41. The average Bonchev–Trinajstić information content (AvgIpc) is 2.25. The van der Waals surface area contributed by atoms with Gasteiger partial charge in [-0.25, -0.2) is 0 Å². The van der Waals surface area contributed by atoms with E-state index < -0.39 is 12.2 Å². The molecule has 90 valence electrons. The lowest BCUT2D eigenvalue weighted by Crippen LogP contribution is -2.28. The average molecular weight is 233 g/mol. The van der Waals surface area contributed by atoms with Crippen molar-refractivity contribution >= 4 is 0 Å². The highest BCUT2D eigenvalue weighted by Crippen LogP contribution is 2.31. The van der Waals surface area contributed by atoms with Crippen LogP contribution in [0.4, 0.5) is 13.2 Å². The number of nitrogens with two attached hydrogens (primary N) is 1. The molecule has 0 aliphatic heterocycles. The molecular weight excluding hydrogens is 219 g/mol. The molecule has 0 aromatic heterocycles. The number of ether oxygens (including phenoxy) is 1. The van der Waals surface area contributed by atoms with Crippen LogP contribution in [0.3, 0.4) is 0 Å². The van der Waals surface area contributed by atoms with Gasteiger partial charge in [-0.1, -0.05) is 19.1 Å². The van der Waals surface area contributed by atoms with Crippen LogP contribution >= 0.6 is 0 Å². The van der Waals surface area contributed by atoms with Gasteiger partial charge < -0.3 is 10.5 Å². The largest absolute Gasteiger partial charge is 0.494 e. The molecule has 0 fully saturated rings. The van der Waals surface area contributed by atoms with Crippen LogP contribution in [0, 0.1) is 0 Å². The maximum Gasteiger partial charge on any atom is 0.407 e. The summed E-state index contributed by atoms with van der Waals surface area (Å²) in [6, 6.07) is 3.73. The number of hydrogen-bond donors (Lipinski definition) is 1. The molecule has 0 saturated carbocycles. The first-order valence-corrected chi connectivity index (χ1v) is 5.00. The van der Waals surface area contributed by atoms with E-state index in [2.05, 4.69) is 0 Å². The number of rotatable bonds is 4. The van der Waals surface area contributed by atoms with Crippen LogP contribution < -0.4 is 10.5 Å². The Labute approximate surface area is 92.2 Å². The van der Waals surface area contributed by atoms with E-state index in [4.69, 9.17) is 10.5 Å². The number of halogens is 3. The molecule has 0 unspecified atom stereocenters. The van der Waals surface area contributed by atoms with Crippen molar-refractivity contribution < 1.29 is 17.9 Å². The molecule has 0 heterocycles. The highest BCUT2D eigenvalue weighted by Gasteiger charge is 2.37. The van der Waals surface area contributed by atoms with Crippen molar-refractivity contribution in [2.24, 2.45) is 5.73 Å². The molecule has 0 saturated heterocycles. The normalized spacial score (nSPS) is 13.6. The van der Waals surface area contributed by atoms with Gasteiger partial charge in [-0.3, -0.25) is 0 Å². The van der Waals surface area contributed by atoms with Gasteiger partial charge in [-0.2, -0.15) is 13.2 Å². The van der Waals surface area contributed by atoms with E-state index in [1.807, 2.05) is 6.92 Å². The Bertz CT molecular complexity index is 321. The monoisotopic (exact) mass is 233 g/mol. The fourth-order valence-corrected chi connectivity index (χ4v) is 1.18. The second kappa shape index (κ2) is 5.21. The topological polar surface area (TPSA) is 35.2 Å². The van der Waals surface area contributed by atoms with Gasteiger partial charge in [-0.15, -0.1) is 0 Å². The van der Waals surface area contributed by atoms with Gasteiger partial charge in [0.2, 0.25) is 0 Å². The van der Waals surface area contributed by atoms with Crippen molar-refractivity contribution in [1.82, 2.24) is 0 Å². The minimum Gasteiger partial charge on any atom is -0.494 e. The summed E-state index contributed by atoms with van der Waals surface area (Å²) in [6.07, 6.45) is -3.56. The van der Waals surface area contributed by atoms with Crippen molar-refractivity contribution in [2.75, 3.05) is 6.61 Å². The molecule has 1 rings (SSSR count). The lowest BCUT2D eigenvalue weighted by molar-refractivity contribution is -0.149. The fraction of sp³-hybridized carbons (Fsp3) is 0.455. The van der Waals surface area contributed by atoms with Crippen molar-refractivity contribution in [2.45, 2.75) is 25.6 Å². The first-order valence-electron chi connectivity index (χ1n) is 5.00. The van der Waals surface area contributed by atoms with E-state index in [0.29, 0.717) is 12.4 Å². The highest BCUT2D eigenvalue weighted by molar-refractivity contribution is 5.29. The fourth-order valence-electron chi connectivity index (χ4n) is 1.18. The third-order valence-corrected chi connectivity index (χ3v) is 2.06. The van der Waals surface area contributed by atoms with E-state index in [9.17, 15) is 13.2 Å². The lowest BCUT2D eigenvalue weighted by atomic mass is 10.1. The molecule has 2 nitrogen and oxygen atoms in total. The van der Waals surface area contributed by atoms with Crippen LogP contribution in [0.5, 0.6) is 5.75 Å². The molecule has 0 radical (unpaired) electrons. The summed E-state index contributed by atoms with van der Waals surface area (Å²) < 4.78 is 42.1. The van der Waals surface area contributed by atoms with E-state index in [1.54, 1.807) is 0 Å². The van der Waals surface area contributed by atoms with Crippen molar-refractivity contribution in [3.8, 4) is 5.75 Å². The summed E-state index contributed by atoms with van der Waals surface area (Å²) in [5, 5.41) is 0. The van der Waals surface area contributed by atoms with Gasteiger partial charge in [-0.05, 0) is 24.1 Å². The van der Waals surface area contributed by atoms with E-state index in [-0.39, 0.29) is 5.56 Å². The smallest absolute Gasteiger partial charge is 0.407 e. The molecule has 1 aromatic rings. The number of hydrogen-bond acceptors (Lipinski definition) is 2. The Morgan fingerprint density at radius 2 is 1.81 bits per heavy atom. The second-order valence-corrected chi connectivity index (χ2v) is 3.44. The van der Waals surface area contributed by atoms with Gasteiger partial charge in [0.15, 0.2) is 0 Å². The van der Waals surface area contributed by atoms with Crippen molar-refractivity contribution in [3.63, 3.8) is 0 Å². The summed E-state index contributed by atoms with van der Waals surface area (Å²) in [5.41, 5.74) is 5.09. The first-order chi connectivity index (χ1) is 7.45. The van der Waals surface area contributed by atoms with Crippen LogP contribution in [0.1, 0.15) is 24.9 Å². The van der Waals surface area contributed by atoms with Crippen LogP contribution in [0.25, 0.3) is 0 Å². The Hall–Kier alpha value is -1.23. The molecule has 0 amide bonds. The number of alkyl halides is 3. The molecule has 0 aliphatic rings. The molecular formula is C11H14F3NO. The Kier molecular flexibility index (Phi) is 4.18. The predicted octanol–water partition coefficient (Wildman–Crippen LogP) is 3.04. The quantitative estimate of drug-likeness (QED) is 0.867. The van der Waals surface area contributed by atoms with Gasteiger partial charge >= 0.3 is 6.18 Å². The van der Waals surface area contributed by atoms with Gasteiger partial charge in [0.05, 0.1) is 6.61 Å². The van der Waals surface area contributed by atoms with Gasteiger partial charge in [0, 0.05) is 0 Å². The second-order valence-electron chi connectivity index (χ2n) is 3.44. The Morgan fingerprint density at radius 3 is 2.25 bits per heavy atom. The van der Waals surface area contributed by atoms with Crippen molar-refractivity contribution in [3.05, 3.63) is 29.8 Å². The maximum atomic E-state index is 12.3. The molecule has 0 spiro atoms.